The van der Waals surface area contributed by atoms with Crippen molar-refractivity contribution >= 4 is 5.97 Å². The molecule has 0 amide bonds. The van der Waals surface area contributed by atoms with Gasteiger partial charge in [0, 0.05) is 24.2 Å². The van der Waals surface area contributed by atoms with Crippen LogP contribution in [0.15, 0.2) is 28.7 Å². The van der Waals surface area contributed by atoms with Gasteiger partial charge in [0.2, 0.25) is 5.76 Å². The molecule has 0 saturated heterocycles. The summed E-state index contributed by atoms with van der Waals surface area (Å²) in [5, 5.41) is 9.03. The number of benzene rings is 1. The fourth-order valence-corrected chi connectivity index (χ4v) is 2.82. The Balaban J connectivity index is 1.77. The molecular weight excluding hydrogens is 270 g/mol. The summed E-state index contributed by atoms with van der Waals surface area (Å²) in [5.74, 6) is 0.581. The van der Waals surface area contributed by atoms with Crippen molar-refractivity contribution in [3.63, 3.8) is 0 Å². The van der Waals surface area contributed by atoms with Gasteiger partial charge >= 0.3 is 5.97 Å². The molecule has 1 aromatic carbocycles. The number of methoxy groups -OCH3 is 1. The van der Waals surface area contributed by atoms with Gasteiger partial charge in [-0.15, -0.1) is 0 Å². The number of hydrogen-bond acceptors (Lipinski definition) is 4. The normalized spacial score (nSPS) is 14.2. The summed E-state index contributed by atoms with van der Waals surface area (Å²) in [4.78, 5) is 13.2. The Morgan fingerprint density at radius 2 is 2.24 bits per heavy atom. The molecule has 3 rings (SSSR count). The molecule has 2 aromatic rings. The molecule has 1 aromatic heterocycles. The highest BCUT2D eigenvalue weighted by Crippen LogP contribution is 2.31. The summed E-state index contributed by atoms with van der Waals surface area (Å²) in [6.07, 6.45) is 0. The van der Waals surface area contributed by atoms with Crippen LogP contribution in [0.3, 0.4) is 0 Å². The second kappa shape index (κ2) is 5.26. The third-order valence-electron chi connectivity index (χ3n) is 3.77. The lowest BCUT2D eigenvalue weighted by Gasteiger charge is -2.12. The largest absolute Gasteiger partial charge is 0.496 e. The van der Waals surface area contributed by atoms with Crippen LogP contribution in [0.1, 0.15) is 33.0 Å². The third kappa shape index (κ3) is 2.52. The summed E-state index contributed by atoms with van der Waals surface area (Å²) in [6.45, 7) is 3.93. The molecule has 0 bridgehead atoms. The minimum atomic E-state index is -1.02. The maximum Gasteiger partial charge on any atom is 0.372 e. The predicted molar refractivity (Wildman–Crippen MR) is 76.3 cm³/mol. The zero-order valence-corrected chi connectivity index (χ0v) is 12.0. The van der Waals surface area contributed by atoms with Gasteiger partial charge in [-0.1, -0.05) is 12.1 Å². The standard InChI is InChI=1S/C16H17NO4/c1-10-6-12(21-15(10)16(18)19)8-17-7-11-4-3-5-14(20-2)13(11)9-17/h3-6H,7-9H2,1-2H3,(H,18,19). The SMILES string of the molecule is COc1cccc2c1CN(Cc1cc(C)c(C(=O)O)o1)C2. The number of aryl methyl sites for hydroxylation is 1. The lowest BCUT2D eigenvalue weighted by molar-refractivity contribution is 0.0657. The Morgan fingerprint density at radius 3 is 2.90 bits per heavy atom. The van der Waals surface area contributed by atoms with Crippen LogP contribution < -0.4 is 4.74 Å². The zero-order valence-electron chi connectivity index (χ0n) is 12.0. The van der Waals surface area contributed by atoms with Crippen LogP contribution in [0.4, 0.5) is 0 Å². The van der Waals surface area contributed by atoms with Gasteiger partial charge in [0.25, 0.3) is 0 Å². The van der Waals surface area contributed by atoms with Gasteiger partial charge in [-0.3, -0.25) is 4.90 Å². The summed E-state index contributed by atoms with van der Waals surface area (Å²) in [7, 11) is 1.67. The molecule has 5 heteroatoms. The van der Waals surface area contributed by atoms with Gasteiger partial charge in [0.05, 0.1) is 13.7 Å². The minimum Gasteiger partial charge on any atom is -0.496 e. The van der Waals surface area contributed by atoms with Crippen molar-refractivity contribution < 1.29 is 19.1 Å². The lowest BCUT2D eigenvalue weighted by Crippen LogP contribution is -2.15. The molecule has 1 N–H and O–H groups in total. The van der Waals surface area contributed by atoms with Gasteiger partial charge < -0.3 is 14.3 Å². The quantitative estimate of drug-likeness (QED) is 0.936. The molecule has 5 nitrogen and oxygen atoms in total. The van der Waals surface area contributed by atoms with Crippen LogP contribution in [0.25, 0.3) is 0 Å². The van der Waals surface area contributed by atoms with E-state index in [1.807, 2.05) is 12.1 Å². The summed E-state index contributed by atoms with van der Waals surface area (Å²) in [6, 6.07) is 7.83. The molecule has 0 spiro atoms. The molecule has 0 saturated carbocycles. The zero-order chi connectivity index (χ0) is 15.0. The monoisotopic (exact) mass is 287 g/mol. The van der Waals surface area contributed by atoms with Crippen molar-refractivity contribution in [1.82, 2.24) is 4.90 Å². The van der Waals surface area contributed by atoms with Crippen molar-refractivity contribution in [2.45, 2.75) is 26.6 Å². The Hall–Kier alpha value is -2.27. The molecule has 110 valence electrons. The number of aromatic carboxylic acids is 1. The second-order valence-corrected chi connectivity index (χ2v) is 5.27. The molecule has 0 aliphatic carbocycles. The maximum absolute atomic E-state index is 11.0. The Morgan fingerprint density at radius 1 is 1.43 bits per heavy atom. The highest BCUT2D eigenvalue weighted by Gasteiger charge is 2.24. The Labute approximate surface area is 122 Å². The van der Waals surface area contributed by atoms with Crippen molar-refractivity contribution in [1.29, 1.82) is 0 Å². The van der Waals surface area contributed by atoms with E-state index in [1.165, 1.54) is 11.1 Å². The van der Waals surface area contributed by atoms with Crippen LogP contribution in [0.5, 0.6) is 5.75 Å². The number of hydrogen-bond donors (Lipinski definition) is 1. The number of carbonyl (C=O) groups is 1. The van der Waals surface area contributed by atoms with E-state index in [0.717, 1.165) is 18.8 Å². The average Bonchev–Trinajstić information content (AvgIpc) is 3.01. The number of furan rings is 1. The maximum atomic E-state index is 11.0. The van der Waals surface area contributed by atoms with Gasteiger partial charge in [-0.05, 0) is 24.6 Å². The smallest absolute Gasteiger partial charge is 0.372 e. The first kappa shape index (κ1) is 13.7. The van der Waals surface area contributed by atoms with E-state index in [-0.39, 0.29) is 5.76 Å². The van der Waals surface area contributed by atoms with Gasteiger partial charge in [0.1, 0.15) is 11.5 Å². The Bertz CT molecular complexity index is 690. The predicted octanol–water partition coefficient (Wildman–Crippen LogP) is 2.81. The summed E-state index contributed by atoms with van der Waals surface area (Å²) < 4.78 is 10.8. The fraction of sp³-hybridized carbons (Fsp3) is 0.312. The first-order chi connectivity index (χ1) is 10.1. The van der Waals surface area contributed by atoms with E-state index in [0.29, 0.717) is 17.9 Å². The van der Waals surface area contributed by atoms with E-state index in [2.05, 4.69) is 11.0 Å². The number of nitrogens with zero attached hydrogens (tertiary/aromatic N) is 1. The van der Waals surface area contributed by atoms with E-state index in [9.17, 15) is 4.79 Å². The number of fused-ring (bicyclic) bond motifs is 1. The van der Waals surface area contributed by atoms with Crippen LogP contribution in [-0.2, 0) is 19.6 Å². The van der Waals surface area contributed by atoms with Crippen LogP contribution >= 0.6 is 0 Å². The molecule has 0 atom stereocenters. The topological polar surface area (TPSA) is 62.9 Å². The number of carboxylic acids is 1. The average molecular weight is 287 g/mol. The molecule has 1 aliphatic rings. The molecule has 0 unspecified atom stereocenters. The van der Waals surface area contributed by atoms with E-state index in [4.69, 9.17) is 14.3 Å². The number of carboxylic acid groups (broad SMARTS) is 1. The van der Waals surface area contributed by atoms with Crippen molar-refractivity contribution in [3.05, 3.63) is 52.5 Å². The Kier molecular flexibility index (Phi) is 3.43. The summed E-state index contributed by atoms with van der Waals surface area (Å²) >= 11 is 0. The lowest BCUT2D eigenvalue weighted by atomic mass is 10.1. The highest BCUT2D eigenvalue weighted by atomic mass is 16.5. The van der Waals surface area contributed by atoms with Crippen molar-refractivity contribution in [2.75, 3.05) is 7.11 Å². The summed E-state index contributed by atoms with van der Waals surface area (Å²) in [5.41, 5.74) is 3.10. The molecule has 1 aliphatic heterocycles. The highest BCUT2D eigenvalue weighted by molar-refractivity contribution is 5.86. The van der Waals surface area contributed by atoms with Gasteiger partial charge in [-0.2, -0.15) is 0 Å². The molecule has 2 heterocycles. The van der Waals surface area contributed by atoms with E-state index >= 15 is 0 Å². The van der Waals surface area contributed by atoms with Gasteiger partial charge in [-0.25, -0.2) is 4.79 Å². The number of ether oxygens (including phenoxy) is 1. The molecule has 21 heavy (non-hydrogen) atoms. The van der Waals surface area contributed by atoms with Crippen LogP contribution in [0, 0.1) is 6.92 Å². The molecule has 0 fully saturated rings. The van der Waals surface area contributed by atoms with Crippen LogP contribution in [-0.4, -0.2) is 23.1 Å². The molecule has 0 radical (unpaired) electrons. The van der Waals surface area contributed by atoms with E-state index in [1.54, 1.807) is 20.1 Å². The van der Waals surface area contributed by atoms with Crippen molar-refractivity contribution in [2.24, 2.45) is 0 Å². The van der Waals surface area contributed by atoms with Gasteiger partial charge in [0.15, 0.2) is 0 Å². The first-order valence-electron chi connectivity index (χ1n) is 6.78. The molecular formula is C16H17NO4. The third-order valence-corrected chi connectivity index (χ3v) is 3.77. The van der Waals surface area contributed by atoms with Crippen molar-refractivity contribution in [3.8, 4) is 5.75 Å². The van der Waals surface area contributed by atoms with E-state index < -0.39 is 5.97 Å². The minimum absolute atomic E-state index is 0.0271. The second-order valence-electron chi connectivity index (χ2n) is 5.27. The van der Waals surface area contributed by atoms with Crippen LogP contribution in [0.2, 0.25) is 0 Å². The fourth-order valence-electron chi connectivity index (χ4n) is 2.82. The first-order valence-corrected chi connectivity index (χ1v) is 6.78. The number of rotatable bonds is 4.